The number of carbonyl (C=O) groups is 1. The Morgan fingerprint density at radius 1 is 1.45 bits per heavy atom. The summed E-state index contributed by atoms with van der Waals surface area (Å²) < 4.78 is 1.10. The lowest BCUT2D eigenvalue weighted by Gasteiger charge is -2.35. The first-order valence-electron chi connectivity index (χ1n) is 7.02. The second-order valence-corrected chi connectivity index (χ2v) is 7.55. The molecular formula is C15H16BrClN2O. The van der Waals surface area contributed by atoms with E-state index in [0.29, 0.717) is 12.3 Å². The molecule has 2 fully saturated rings. The molecule has 4 aliphatic rings. The van der Waals surface area contributed by atoms with Crippen molar-refractivity contribution in [2.45, 2.75) is 37.3 Å². The molecule has 1 spiro atoms. The molecule has 0 aromatic rings. The smallest absolute Gasteiger partial charge is 0.246 e. The molecule has 2 aliphatic carbocycles. The minimum atomic E-state index is -0.153. The van der Waals surface area contributed by atoms with Gasteiger partial charge in [0.1, 0.15) is 6.04 Å². The Kier molecular flexibility index (Phi) is 2.68. The Labute approximate surface area is 132 Å². The number of nitrogens with zero attached hydrogens (tertiary/aromatic N) is 2. The molecule has 1 amide bonds. The quantitative estimate of drug-likeness (QED) is 0.665. The highest BCUT2D eigenvalue weighted by molar-refractivity contribution is 9.11. The normalized spacial score (nSPS) is 34.1. The van der Waals surface area contributed by atoms with Gasteiger partial charge in [-0.05, 0) is 25.3 Å². The summed E-state index contributed by atoms with van der Waals surface area (Å²) in [5, 5.41) is 0.772. The zero-order chi connectivity index (χ0) is 14.1. The summed E-state index contributed by atoms with van der Waals surface area (Å²) in [6, 6.07) is -0.153. The van der Waals surface area contributed by atoms with Crippen LogP contribution in [-0.4, -0.2) is 34.3 Å². The van der Waals surface area contributed by atoms with Gasteiger partial charge in [-0.1, -0.05) is 33.6 Å². The molecule has 0 bridgehead atoms. The Balaban J connectivity index is 1.86. The van der Waals surface area contributed by atoms with Gasteiger partial charge in [0.15, 0.2) is 0 Å². The van der Waals surface area contributed by atoms with Crippen LogP contribution in [0.2, 0.25) is 0 Å². The highest BCUT2D eigenvalue weighted by Gasteiger charge is 2.59. The van der Waals surface area contributed by atoms with Crippen molar-refractivity contribution >= 4 is 33.4 Å². The van der Waals surface area contributed by atoms with Crippen LogP contribution in [-0.2, 0) is 4.79 Å². The fraction of sp³-hybridized carbons (Fsp3) is 0.533. The van der Waals surface area contributed by atoms with Gasteiger partial charge in [-0.15, -0.1) is 0 Å². The maximum Gasteiger partial charge on any atom is 0.246 e. The van der Waals surface area contributed by atoms with Crippen LogP contribution in [0.5, 0.6) is 0 Å². The first-order chi connectivity index (χ1) is 9.53. The molecule has 2 aliphatic heterocycles. The van der Waals surface area contributed by atoms with E-state index >= 15 is 0 Å². The predicted octanol–water partition coefficient (Wildman–Crippen LogP) is 3.33. The van der Waals surface area contributed by atoms with E-state index in [0.717, 1.165) is 28.8 Å². The third-order valence-corrected chi connectivity index (χ3v) is 5.99. The number of carbonyl (C=O) groups excluding carboxylic acids is 1. The van der Waals surface area contributed by atoms with Crippen LogP contribution in [0, 0.1) is 5.92 Å². The average molecular weight is 356 g/mol. The maximum absolute atomic E-state index is 12.8. The van der Waals surface area contributed by atoms with Gasteiger partial charge in [-0.25, -0.2) is 0 Å². The lowest BCUT2D eigenvalue weighted by Crippen LogP contribution is -2.46. The Morgan fingerprint density at radius 2 is 2.20 bits per heavy atom. The van der Waals surface area contributed by atoms with E-state index in [4.69, 9.17) is 11.6 Å². The molecule has 0 N–H and O–H groups in total. The van der Waals surface area contributed by atoms with Crippen LogP contribution in [0.4, 0.5) is 0 Å². The summed E-state index contributed by atoms with van der Waals surface area (Å²) in [7, 11) is 1.97. The van der Waals surface area contributed by atoms with Crippen LogP contribution in [0.15, 0.2) is 33.6 Å². The number of hydrogen-bond donors (Lipinski definition) is 0. The minimum absolute atomic E-state index is 0.0395. The number of allylic oxidation sites excluding steroid dienone is 3. The fourth-order valence-electron chi connectivity index (χ4n) is 3.93. The van der Waals surface area contributed by atoms with Gasteiger partial charge in [-0.2, -0.15) is 0 Å². The molecule has 1 saturated heterocycles. The molecule has 0 aromatic heterocycles. The third-order valence-electron chi connectivity index (χ3n) is 5.19. The predicted molar refractivity (Wildman–Crippen MR) is 82.1 cm³/mol. The van der Waals surface area contributed by atoms with E-state index in [1.54, 1.807) is 0 Å². The number of likely N-dealkylation sites (N-methyl/N-ethyl adjacent to an activating group) is 1. The molecule has 4 rings (SSSR count). The van der Waals surface area contributed by atoms with Gasteiger partial charge in [-0.3, -0.25) is 4.79 Å². The van der Waals surface area contributed by atoms with Crippen molar-refractivity contribution in [2.24, 2.45) is 5.92 Å². The molecule has 20 heavy (non-hydrogen) atoms. The van der Waals surface area contributed by atoms with E-state index < -0.39 is 0 Å². The average Bonchev–Trinajstić information content (AvgIpc) is 3.14. The van der Waals surface area contributed by atoms with Gasteiger partial charge in [0.25, 0.3) is 0 Å². The van der Waals surface area contributed by atoms with Gasteiger partial charge >= 0.3 is 0 Å². The van der Waals surface area contributed by atoms with Crippen molar-refractivity contribution in [3.63, 3.8) is 0 Å². The summed E-state index contributed by atoms with van der Waals surface area (Å²) in [5.41, 5.74) is 1.29. The van der Waals surface area contributed by atoms with E-state index in [-0.39, 0.29) is 17.5 Å². The number of fused-ring (bicyclic) bond motifs is 4. The molecule has 1 saturated carbocycles. The number of halogens is 2. The SMILES string of the molecule is CN1C(=O)C2CC(Cl)=CN2C2=CC(Br)=CCC2C12CC2. The van der Waals surface area contributed by atoms with E-state index in [1.165, 1.54) is 5.70 Å². The van der Waals surface area contributed by atoms with E-state index in [1.807, 2.05) is 18.1 Å². The largest absolute Gasteiger partial charge is 0.338 e. The Bertz CT molecular complexity index is 591. The monoisotopic (exact) mass is 354 g/mol. The number of rotatable bonds is 0. The number of hydrogen-bond acceptors (Lipinski definition) is 2. The van der Waals surface area contributed by atoms with Crippen molar-refractivity contribution in [1.82, 2.24) is 9.80 Å². The van der Waals surface area contributed by atoms with E-state index in [9.17, 15) is 4.79 Å². The molecule has 0 radical (unpaired) electrons. The molecule has 3 nitrogen and oxygen atoms in total. The van der Waals surface area contributed by atoms with Gasteiger partial charge in [0.05, 0.1) is 5.54 Å². The minimum Gasteiger partial charge on any atom is -0.338 e. The zero-order valence-electron chi connectivity index (χ0n) is 11.3. The van der Waals surface area contributed by atoms with Crippen LogP contribution in [0.1, 0.15) is 25.7 Å². The highest BCUT2D eigenvalue weighted by atomic mass is 79.9. The maximum atomic E-state index is 12.8. The second kappa shape index (κ2) is 4.14. The molecule has 106 valence electrons. The topological polar surface area (TPSA) is 23.6 Å². The highest BCUT2D eigenvalue weighted by Crippen LogP contribution is 2.56. The lowest BCUT2D eigenvalue weighted by molar-refractivity contribution is -0.135. The van der Waals surface area contributed by atoms with Crippen molar-refractivity contribution < 1.29 is 4.79 Å². The molecule has 2 atom stereocenters. The summed E-state index contributed by atoms with van der Waals surface area (Å²) >= 11 is 9.78. The summed E-state index contributed by atoms with van der Waals surface area (Å²) in [6.45, 7) is 0. The van der Waals surface area contributed by atoms with Crippen LogP contribution in [0.3, 0.4) is 0 Å². The van der Waals surface area contributed by atoms with Gasteiger partial charge in [0.2, 0.25) is 5.91 Å². The first-order valence-corrected chi connectivity index (χ1v) is 8.19. The van der Waals surface area contributed by atoms with Crippen LogP contribution >= 0.6 is 27.5 Å². The van der Waals surface area contributed by atoms with Gasteiger partial charge in [0, 0.05) is 40.8 Å². The summed E-state index contributed by atoms with van der Waals surface area (Å²) in [5.74, 6) is 0.599. The van der Waals surface area contributed by atoms with Crippen molar-refractivity contribution in [3.05, 3.63) is 33.6 Å². The summed E-state index contributed by atoms with van der Waals surface area (Å²) in [6.07, 6.45) is 10.2. The zero-order valence-corrected chi connectivity index (χ0v) is 13.6. The lowest BCUT2D eigenvalue weighted by atomic mass is 9.86. The fourth-order valence-corrected chi connectivity index (χ4v) is 4.60. The standard InChI is InChI=1S/C15H16BrClN2O/c1-18-14(20)13-7-10(17)8-19(13)12-6-9(16)2-3-11(12)15(18)4-5-15/h2,6,8,11,13H,3-5,7H2,1H3. The number of amides is 1. The molecule has 5 heteroatoms. The molecule has 0 aromatic carbocycles. The van der Waals surface area contributed by atoms with E-state index in [2.05, 4.69) is 33.0 Å². The Morgan fingerprint density at radius 3 is 2.90 bits per heavy atom. The molecule has 2 heterocycles. The van der Waals surface area contributed by atoms with Crippen molar-refractivity contribution in [1.29, 1.82) is 0 Å². The second-order valence-electron chi connectivity index (χ2n) is 6.15. The Hall–Kier alpha value is -0.740. The third kappa shape index (κ3) is 1.61. The summed E-state index contributed by atoms with van der Waals surface area (Å²) in [4.78, 5) is 16.9. The van der Waals surface area contributed by atoms with Crippen LogP contribution < -0.4 is 0 Å². The van der Waals surface area contributed by atoms with Crippen molar-refractivity contribution in [2.75, 3.05) is 7.05 Å². The first kappa shape index (κ1) is 13.0. The molecular weight excluding hydrogens is 340 g/mol. The van der Waals surface area contributed by atoms with Crippen molar-refractivity contribution in [3.8, 4) is 0 Å². The molecule has 2 unspecified atom stereocenters. The van der Waals surface area contributed by atoms with Gasteiger partial charge < -0.3 is 9.80 Å². The van der Waals surface area contributed by atoms with Crippen LogP contribution in [0.25, 0.3) is 0 Å².